The lowest BCUT2D eigenvalue weighted by Gasteiger charge is -2.03. The lowest BCUT2D eigenvalue weighted by molar-refractivity contribution is 0.102. The van der Waals surface area contributed by atoms with Gasteiger partial charge in [-0.1, -0.05) is 70.5 Å². The molecule has 0 atom stereocenters. The molecule has 0 aliphatic carbocycles. The summed E-state index contributed by atoms with van der Waals surface area (Å²) in [7, 11) is 0. The number of aromatic nitrogens is 1. The largest absolute Gasteiger partial charge is 0.298 e. The highest BCUT2D eigenvalue weighted by molar-refractivity contribution is 9.10. The van der Waals surface area contributed by atoms with Crippen LogP contribution in [0.15, 0.2) is 88.7 Å². The molecule has 0 aliphatic rings. The maximum absolute atomic E-state index is 12.3. The fraction of sp³-hybridized carbons (Fsp3) is 0. The number of carbonyl (C=O) groups is 1. The summed E-state index contributed by atoms with van der Waals surface area (Å²) in [4.78, 5) is 16.9. The van der Waals surface area contributed by atoms with Gasteiger partial charge in [-0.3, -0.25) is 10.1 Å². The lowest BCUT2D eigenvalue weighted by atomic mass is 10.0. The van der Waals surface area contributed by atoms with E-state index in [-0.39, 0.29) is 5.91 Å². The van der Waals surface area contributed by atoms with Crippen molar-refractivity contribution in [3.05, 3.63) is 94.3 Å². The topological polar surface area (TPSA) is 42.0 Å². The van der Waals surface area contributed by atoms with E-state index >= 15 is 0 Å². The minimum atomic E-state index is -0.164. The summed E-state index contributed by atoms with van der Waals surface area (Å²) in [6.07, 6.45) is 0. The monoisotopic (exact) mass is 434 g/mol. The summed E-state index contributed by atoms with van der Waals surface area (Å²) in [6, 6.07) is 25.8. The van der Waals surface area contributed by atoms with Crippen LogP contribution < -0.4 is 5.32 Å². The molecule has 1 N–H and O–H groups in total. The van der Waals surface area contributed by atoms with Gasteiger partial charge in [-0.25, -0.2) is 4.98 Å². The van der Waals surface area contributed by atoms with Crippen LogP contribution in [0.25, 0.3) is 22.4 Å². The third-order valence-electron chi connectivity index (χ3n) is 4.12. The van der Waals surface area contributed by atoms with Crippen molar-refractivity contribution in [2.45, 2.75) is 0 Å². The van der Waals surface area contributed by atoms with Crippen LogP contribution in [0.3, 0.4) is 0 Å². The summed E-state index contributed by atoms with van der Waals surface area (Å²) in [5, 5.41) is 5.40. The van der Waals surface area contributed by atoms with Crippen molar-refractivity contribution < 1.29 is 4.79 Å². The quantitative estimate of drug-likeness (QED) is 0.398. The van der Waals surface area contributed by atoms with Crippen molar-refractivity contribution >= 4 is 38.3 Å². The summed E-state index contributed by atoms with van der Waals surface area (Å²) in [6.45, 7) is 0. The predicted molar refractivity (Wildman–Crippen MR) is 115 cm³/mol. The highest BCUT2D eigenvalue weighted by Crippen LogP contribution is 2.28. The lowest BCUT2D eigenvalue weighted by Crippen LogP contribution is -2.11. The third kappa shape index (κ3) is 4.15. The molecular weight excluding hydrogens is 420 g/mol. The van der Waals surface area contributed by atoms with Crippen LogP contribution in [0.2, 0.25) is 0 Å². The molecule has 0 saturated heterocycles. The highest BCUT2D eigenvalue weighted by Gasteiger charge is 2.10. The fourth-order valence-electron chi connectivity index (χ4n) is 2.70. The van der Waals surface area contributed by atoms with Crippen LogP contribution in [0.1, 0.15) is 10.4 Å². The number of halogens is 1. The Morgan fingerprint density at radius 3 is 2.15 bits per heavy atom. The number of thiazole rings is 1. The Hall–Kier alpha value is -2.76. The van der Waals surface area contributed by atoms with Gasteiger partial charge in [0.05, 0.1) is 5.69 Å². The van der Waals surface area contributed by atoms with Crippen LogP contribution in [-0.2, 0) is 0 Å². The molecule has 0 fully saturated rings. The number of nitrogens with one attached hydrogen (secondary N) is 1. The molecule has 0 bridgehead atoms. The first kappa shape index (κ1) is 17.6. The molecule has 5 heteroatoms. The zero-order valence-electron chi connectivity index (χ0n) is 14.2. The van der Waals surface area contributed by atoms with Crippen molar-refractivity contribution in [2.75, 3.05) is 5.32 Å². The number of hydrogen-bond acceptors (Lipinski definition) is 3. The Labute approximate surface area is 169 Å². The van der Waals surface area contributed by atoms with Crippen LogP contribution in [0, 0.1) is 0 Å². The zero-order chi connectivity index (χ0) is 18.6. The van der Waals surface area contributed by atoms with Gasteiger partial charge in [-0.05, 0) is 35.4 Å². The highest BCUT2D eigenvalue weighted by atomic mass is 79.9. The molecule has 3 aromatic carbocycles. The third-order valence-corrected chi connectivity index (χ3v) is 5.41. The Bertz CT molecular complexity index is 1060. The Kier molecular flexibility index (Phi) is 5.14. The van der Waals surface area contributed by atoms with E-state index in [0.717, 1.165) is 15.7 Å². The summed E-state index contributed by atoms with van der Waals surface area (Å²) in [5.41, 5.74) is 4.83. The Balaban J connectivity index is 1.49. The van der Waals surface area contributed by atoms with Crippen LogP contribution in [0.4, 0.5) is 5.13 Å². The normalized spacial score (nSPS) is 10.6. The van der Waals surface area contributed by atoms with Gasteiger partial charge in [0.2, 0.25) is 0 Å². The molecule has 4 rings (SSSR count). The van der Waals surface area contributed by atoms with Crippen LogP contribution in [0.5, 0.6) is 0 Å². The first-order valence-corrected chi connectivity index (χ1v) is 10.0. The molecule has 0 aliphatic heterocycles. The smallest absolute Gasteiger partial charge is 0.257 e. The van der Waals surface area contributed by atoms with Gasteiger partial charge >= 0.3 is 0 Å². The van der Waals surface area contributed by atoms with E-state index in [1.54, 1.807) is 12.1 Å². The number of anilines is 1. The van der Waals surface area contributed by atoms with Crippen molar-refractivity contribution in [2.24, 2.45) is 0 Å². The summed E-state index contributed by atoms with van der Waals surface area (Å²) < 4.78 is 0.939. The van der Waals surface area contributed by atoms with Gasteiger partial charge in [0.25, 0.3) is 5.91 Å². The first-order chi connectivity index (χ1) is 13.2. The first-order valence-electron chi connectivity index (χ1n) is 8.37. The molecule has 0 unspecified atom stereocenters. The number of amides is 1. The number of nitrogens with zero attached hydrogens (tertiary/aromatic N) is 1. The molecular formula is C22H15BrN2OS. The van der Waals surface area contributed by atoms with Crippen molar-refractivity contribution in [3.63, 3.8) is 0 Å². The second kappa shape index (κ2) is 7.86. The SMILES string of the molecule is O=C(Nc1nc(-c2ccc(-c3ccccc3)cc2)cs1)c1ccc(Br)cc1. The van der Waals surface area contributed by atoms with Gasteiger partial charge in [-0.15, -0.1) is 11.3 Å². The maximum Gasteiger partial charge on any atom is 0.257 e. The summed E-state index contributed by atoms with van der Waals surface area (Å²) >= 11 is 4.79. The number of carbonyl (C=O) groups excluding carboxylic acids is 1. The molecule has 0 saturated carbocycles. The minimum Gasteiger partial charge on any atom is -0.298 e. The second-order valence-electron chi connectivity index (χ2n) is 5.94. The van der Waals surface area contributed by atoms with Gasteiger partial charge in [0.15, 0.2) is 5.13 Å². The molecule has 4 aromatic rings. The fourth-order valence-corrected chi connectivity index (χ4v) is 3.68. The van der Waals surface area contributed by atoms with Gasteiger partial charge in [0.1, 0.15) is 0 Å². The van der Waals surface area contributed by atoms with E-state index in [4.69, 9.17) is 0 Å². The standard InChI is InChI=1S/C22H15BrN2OS/c23-19-12-10-18(11-13-19)21(26)25-22-24-20(14-27-22)17-8-6-16(7-9-17)15-4-2-1-3-5-15/h1-14H,(H,24,25,26). The molecule has 132 valence electrons. The zero-order valence-corrected chi connectivity index (χ0v) is 16.6. The van der Waals surface area contributed by atoms with Crippen molar-refractivity contribution in [1.29, 1.82) is 0 Å². The van der Waals surface area contributed by atoms with E-state index in [0.29, 0.717) is 10.7 Å². The van der Waals surface area contributed by atoms with E-state index in [1.807, 2.05) is 35.7 Å². The molecule has 0 spiro atoms. The molecule has 0 radical (unpaired) electrons. The average molecular weight is 435 g/mol. The van der Waals surface area contributed by atoms with E-state index < -0.39 is 0 Å². The molecule has 1 aromatic heterocycles. The molecule has 1 amide bonds. The van der Waals surface area contributed by atoms with Gasteiger partial charge < -0.3 is 0 Å². The molecule has 27 heavy (non-hydrogen) atoms. The Morgan fingerprint density at radius 2 is 1.44 bits per heavy atom. The number of rotatable bonds is 4. The average Bonchev–Trinajstić information content (AvgIpc) is 3.18. The molecule has 1 heterocycles. The summed E-state index contributed by atoms with van der Waals surface area (Å²) in [5.74, 6) is -0.164. The van der Waals surface area contributed by atoms with Crippen LogP contribution >= 0.6 is 27.3 Å². The van der Waals surface area contributed by atoms with E-state index in [2.05, 4.69) is 62.6 Å². The van der Waals surface area contributed by atoms with E-state index in [9.17, 15) is 4.79 Å². The maximum atomic E-state index is 12.3. The number of benzene rings is 3. The van der Waals surface area contributed by atoms with Crippen molar-refractivity contribution in [1.82, 2.24) is 4.98 Å². The minimum absolute atomic E-state index is 0.164. The van der Waals surface area contributed by atoms with E-state index in [1.165, 1.54) is 22.5 Å². The molecule has 3 nitrogen and oxygen atoms in total. The van der Waals surface area contributed by atoms with Gasteiger partial charge in [-0.2, -0.15) is 0 Å². The second-order valence-corrected chi connectivity index (χ2v) is 7.72. The predicted octanol–water partition coefficient (Wildman–Crippen LogP) is 6.49. The van der Waals surface area contributed by atoms with Crippen molar-refractivity contribution in [3.8, 4) is 22.4 Å². The Morgan fingerprint density at radius 1 is 0.815 bits per heavy atom. The number of hydrogen-bond donors (Lipinski definition) is 1. The van der Waals surface area contributed by atoms with Crippen LogP contribution in [-0.4, -0.2) is 10.9 Å². The van der Waals surface area contributed by atoms with Gasteiger partial charge in [0, 0.05) is 21.0 Å².